The van der Waals surface area contributed by atoms with Gasteiger partial charge >= 0.3 is 5.97 Å². The molecule has 0 unspecified atom stereocenters. The molecule has 0 aliphatic carbocycles. The van der Waals surface area contributed by atoms with Gasteiger partial charge in [0.15, 0.2) is 11.5 Å². The molecule has 0 saturated carbocycles. The predicted octanol–water partition coefficient (Wildman–Crippen LogP) is 2.37. The second kappa shape index (κ2) is 8.09. The molecule has 1 aromatic carbocycles. The van der Waals surface area contributed by atoms with E-state index in [2.05, 4.69) is 10.5 Å². The average Bonchev–Trinajstić information content (AvgIpc) is 3.01. The number of hydrazone groups is 1. The Morgan fingerprint density at radius 1 is 1.30 bits per heavy atom. The van der Waals surface area contributed by atoms with Crippen molar-refractivity contribution in [1.82, 2.24) is 5.43 Å². The average molecular weight is 332 g/mol. The van der Waals surface area contributed by atoms with Crippen LogP contribution in [0.3, 0.4) is 0 Å². The van der Waals surface area contributed by atoms with Gasteiger partial charge in [-0.2, -0.15) is 5.10 Å². The Bertz CT molecular complexity index is 711. The third-order valence-corrected chi connectivity index (χ3v) is 3.64. The SMILES string of the molecule is COc1cc(C=NNC(=O)Cc2cccs2)ccc1OC(C)=O. The van der Waals surface area contributed by atoms with Gasteiger partial charge in [0, 0.05) is 11.8 Å². The van der Waals surface area contributed by atoms with Gasteiger partial charge in [0.2, 0.25) is 5.91 Å². The highest BCUT2D eigenvalue weighted by Gasteiger charge is 2.07. The highest BCUT2D eigenvalue weighted by molar-refractivity contribution is 7.10. The molecule has 0 aliphatic heterocycles. The first-order valence-corrected chi connectivity index (χ1v) is 7.67. The van der Waals surface area contributed by atoms with Crippen molar-refractivity contribution in [3.63, 3.8) is 0 Å². The first-order valence-electron chi connectivity index (χ1n) is 6.79. The molecule has 0 aliphatic rings. The number of hydrogen-bond acceptors (Lipinski definition) is 6. The quantitative estimate of drug-likeness (QED) is 0.381. The van der Waals surface area contributed by atoms with Crippen molar-refractivity contribution in [2.24, 2.45) is 5.10 Å². The molecular weight excluding hydrogens is 316 g/mol. The molecule has 0 fully saturated rings. The van der Waals surface area contributed by atoms with E-state index in [4.69, 9.17) is 9.47 Å². The highest BCUT2D eigenvalue weighted by atomic mass is 32.1. The van der Waals surface area contributed by atoms with E-state index < -0.39 is 5.97 Å². The Hall–Kier alpha value is -2.67. The summed E-state index contributed by atoms with van der Waals surface area (Å²) in [5.41, 5.74) is 3.17. The van der Waals surface area contributed by atoms with Crippen LogP contribution in [0.25, 0.3) is 0 Å². The van der Waals surface area contributed by atoms with Crippen LogP contribution in [0.2, 0.25) is 0 Å². The zero-order chi connectivity index (χ0) is 16.7. The van der Waals surface area contributed by atoms with Crippen molar-refractivity contribution in [3.05, 3.63) is 46.2 Å². The van der Waals surface area contributed by atoms with Crippen LogP contribution >= 0.6 is 11.3 Å². The molecule has 0 bridgehead atoms. The first-order chi connectivity index (χ1) is 11.1. The Kier molecular flexibility index (Phi) is 5.87. The molecule has 120 valence electrons. The number of carbonyl (C=O) groups excluding carboxylic acids is 2. The van der Waals surface area contributed by atoms with Crippen molar-refractivity contribution in [3.8, 4) is 11.5 Å². The lowest BCUT2D eigenvalue weighted by atomic mass is 10.2. The number of ether oxygens (including phenoxy) is 2. The fourth-order valence-electron chi connectivity index (χ4n) is 1.79. The maximum atomic E-state index is 11.7. The van der Waals surface area contributed by atoms with Crippen LogP contribution < -0.4 is 14.9 Å². The van der Waals surface area contributed by atoms with E-state index in [1.165, 1.54) is 31.6 Å². The summed E-state index contributed by atoms with van der Waals surface area (Å²) in [5, 5.41) is 5.82. The molecule has 0 atom stereocenters. The summed E-state index contributed by atoms with van der Waals surface area (Å²) in [6, 6.07) is 8.76. The number of nitrogens with one attached hydrogen (secondary N) is 1. The van der Waals surface area contributed by atoms with Crippen LogP contribution in [0.15, 0.2) is 40.8 Å². The number of methoxy groups -OCH3 is 1. The van der Waals surface area contributed by atoms with E-state index in [9.17, 15) is 9.59 Å². The van der Waals surface area contributed by atoms with E-state index in [0.29, 0.717) is 23.5 Å². The zero-order valence-electron chi connectivity index (χ0n) is 12.7. The normalized spacial score (nSPS) is 10.5. The Labute approximate surface area is 137 Å². The largest absolute Gasteiger partial charge is 0.493 e. The molecule has 0 radical (unpaired) electrons. The molecule has 23 heavy (non-hydrogen) atoms. The van der Waals surface area contributed by atoms with Crippen LogP contribution in [0.4, 0.5) is 0 Å². The molecule has 1 aromatic heterocycles. The van der Waals surface area contributed by atoms with E-state index in [-0.39, 0.29) is 5.91 Å². The van der Waals surface area contributed by atoms with Gasteiger partial charge in [-0.05, 0) is 35.2 Å². The third-order valence-electron chi connectivity index (χ3n) is 2.76. The standard InChI is InChI=1S/C16H16N2O4S/c1-11(19)22-14-6-5-12(8-15(14)21-2)10-17-18-16(20)9-13-4-3-7-23-13/h3-8,10H,9H2,1-2H3,(H,18,20). The van der Waals surface area contributed by atoms with Gasteiger partial charge in [-0.25, -0.2) is 5.43 Å². The molecular formula is C16H16N2O4S. The lowest BCUT2D eigenvalue weighted by Gasteiger charge is -2.08. The van der Waals surface area contributed by atoms with Crippen molar-refractivity contribution < 1.29 is 19.1 Å². The number of rotatable bonds is 6. The number of benzene rings is 1. The molecule has 7 heteroatoms. The molecule has 6 nitrogen and oxygen atoms in total. The van der Waals surface area contributed by atoms with E-state index >= 15 is 0 Å². The molecule has 0 spiro atoms. The van der Waals surface area contributed by atoms with Gasteiger partial charge < -0.3 is 9.47 Å². The van der Waals surface area contributed by atoms with Crippen molar-refractivity contribution in [1.29, 1.82) is 0 Å². The van der Waals surface area contributed by atoms with Gasteiger partial charge in [-0.15, -0.1) is 11.3 Å². The summed E-state index contributed by atoms with van der Waals surface area (Å²) in [4.78, 5) is 23.7. The van der Waals surface area contributed by atoms with Crippen molar-refractivity contribution in [2.45, 2.75) is 13.3 Å². The third kappa shape index (κ3) is 5.23. The molecule has 2 rings (SSSR count). The minimum Gasteiger partial charge on any atom is -0.493 e. The lowest BCUT2D eigenvalue weighted by molar-refractivity contribution is -0.132. The van der Waals surface area contributed by atoms with E-state index in [0.717, 1.165) is 4.88 Å². The minimum absolute atomic E-state index is 0.188. The molecule has 0 saturated heterocycles. The lowest BCUT2D eigenvalue weighted by Crippen LogP contribution is -2.19. The number of carbonyl (C=O) groups is 2. The minimum atomic E-state index is -0.425. The van der Waals surface area contributed by atoms with Crippen molar-refractivity contribution >= 4 is 29.4 Å². The molecule has 1 amide bonds. The summed E-state index contributed by atoms with van der Waals surface area (Å²) in [5.74, 6) is 0.130. The topological polar surface area (TPSA) is 77.0 Å². The Balaban J connectivity index is 1.96. The van der Waals surface area contributed by atoms with Crippen molar-refractivity contribution in [2.75, 3.05) is 7.11 Å². The fraction of sp³-hybridized carbons (Fsp3) is 0.188. The molecule has 1 heterocycles. The van der Waals surface area contributed by atoms with Gasteiger partial charge in [-0.1, -0.05) is 6.07 Å². The maximum absolute atomic E-state index is 11.7. The van der Waals surface area contributed by atoms with Crippen LogP contribution in [0.5, 0.6) is 11.5 Å². The van der Waals surface area contributed by atoms with Crippen LogP contribution in [-0.2, 0) is 16.0 Å². The predicted molar refractivity (Wildman–Crippen MR) is 88.1 cm³/mol. The second-order valence-corrected chi connectivity index (χ2v) is 5.59. The Morgan fingerprint density at radius 2 is 2.13 bits per heavy atom. The van der Waals surface area contributed by atoms with Gasteiger partial charge in [0.05, 0.1) is 19.7 Å². The van der Waals surface area contributed by atoms with E-state index in [1.807, 2.05) is 17.5 Å². The van der Waals surface area contributed by atoms with Crippen LogP contribution in [0, 0.1) is 0 Å². The smallest absolute Gasteiger partial charge is 0.308 e. The van der Waals surface area contributed by atoms with Gasteiger partial charge in [0.1, 0.15) is 0 Å². The number of esters is 1. The van der Waals surface area contributed by atoms with Gasteiger partial charge in [0.25, 0.3) is 0 Å². The monoisotopic (exact) mass is 332 g/mol. The van der Waals surface area contributed by atoms with Gasteiger partial charge in [-0.3, -0.25) is 9.59 Å². The number of hydrogen-bond donors (Lipinski definition) is 1. The number of amides is 1. The summed E-state index contributed by atoms with van der Waals surface area (Å²) >= 11 is 1.52. The van der Waals surface area contributed by atoms with Crippen LogP contribution in [-0.4, -0.2) is 25.2 Å². The number of nitrogens with zero attached hydrogens (tertiary/aromatic N) is 1. The summed E-state index contributed by atoms with van der Waals surface area (Å²) < 4.78 is 10.2. The summed E-state index contributed by atoms with van der Waals surface area (Å²) in [6.07, 6.45) is 1.79. The number of thiophene rings is 1. The Morgan fingerprint density at radius 3 is 2.78 bits per heavy atom. The maximum Gasteiger partial charge on any atom is 0.308 e. The first kappa shape index (κ1) is 16.7. The fourth-order valence-corrected chi connectivity index (χ4v) is 2.50. The summed E-state index contributed by atoms with van der Waals surface area (Å²) in [7, 11) is 1.48. The molecule has 1 N–H and O–H groups in total. The molecule has 2 aromatic rings. The highest BCUT2D eigenvalue weighted by Crippen LogP contribution is 2.27. The van der Waals surface area contributed by atoms with E-state index in [1.54, 1.807) is 18.2 Å². The van der Waals surface area contributed by atoms with Crippen LogP contribution in [0.1, 0.15) is 17.4 Å². The second-order valence-electron chi connectivity index (χ2n) is 4.55. The zero-order valence-corrected chi connectivity index (χ0v) is 13.6. The summed E-state index contributed by atoms with van der Waals surface area (Å²) in [6.45, 7) is 1.32.